The summed E-state index contributed by atoms with van der Waals surface area (Å²) < 4.78 is 0.516. The van der Waals surface area contributed by atoms with Crippen LogP contribution in [-0.4, -0.2) is 16.1 Å². The molecule has 0 aromatic carbocycles. The summed E-state index contributed by atoms with van der Waals surface area (Å²) in [5.74, 6) is -0.795. The maximum Gasteiger partial charge on any atom is 0.310 e. The van der Waals surface area contributed by atoms with Crippen molar-refractivity contribution in [2.75, 3.05) is 0 Å². The molecule has 0 spiro atoms. The summed E-state index contributed by atoms with van der Waals surface area (Å²) in [7, 11) is 0. The Morgan fingerprint density at radius 1 is 1.50 bits per heavy atom. The highest BCUT2D eigenvalue weighted by Gasteiger charge is 2.40. The molecule has 1 aromatic heterocycles. The topological polar surface area (TPSA) is 77.1 Å². The molecule has 1 aliphatic carbocycles. The molecule has 0 saturated heterocycles. The second-order valence-electron chi connectivity index (χ2n) is 4.85. The zero-order valence-corrected chi connectivity index (χ0v) is 10.7. The van der Waals surface area contributed by atoms with Gasteiger partial charge in [-0.2, -0.15) is 4.73 Å². The fraction of sp³-hybridized carbons (Fsp3) is 0.583. The van der Waals surface area contributed by atoms with Crippen LogP contribution < -0.4 is 4.73 Å². The Morgan fingerprint density at radius 2 is 2.17 bits per heavy atom. The van der Waals surface area contributed by atoms with Crippen molar-refractivity contribution >= 4 is 17.6 Å². The molecular formula is C12H15ClN2O3. The first-order valence-corrected chi connectivity index (χ1v) is 6.38. The van der Waals surface area contributed by atoms with Crippen LogP contribution in [-0.2, 0) is 11.2 Å². The highest BCUT2D eigenvalue weighted by molar-refractivity contribution is 6.28. The molecule has 98 valence electrons. The number of carbonyl (C=O) groups is 1. The van der Waals surface area contributed by atoms with E-state index in [1.165, 1.54) is 12.4 Å². The first-order valence-electron chi connectivity index (χ1n) is 6.00. The van der Waals surface area contributed by atoms with E-state index in [9.17, 15) is 15.1 Å². The van der Waals surface area contributed by atoms with Gasteiger partial charge in [0.2, 0.25) is 6.20 Å². The molecule has 0 radical (unpaired) electrons. The molecule has 1 N–H and O–H groups in total. The third-order valence-electron chi connectivity index (χ3n) is 3.60. The minimum atomic E-state index is -0.795. The highest BCUT2D eigenvalue weighted by Crippen LogP contribution is 2.39. The van der Waals surface area contributed by atoms with Crippen LogP contribution in [0.4, 0.5) is 0 Å². The van der Waals surface area contributed by atoms with Crippen LogP contribution in [0.5, 0.6) is 0 Å². The Labute approximate surface area is 110 Å². The van der Waals surface area contributed by atoms with Crippen molar-refractivity contribution in [3.8, 4) is 0 Å². The van der Waals surface area contributed by atoms with Crippen LogP contribution in [0.3, 0.4) is 0 Å². The third kappa shape index (κ3) is 2.56. The van der Waals surface area contributed by atoms with Gasteiger partial charge >= 0.3 is 11.1 Å². The second kappa shape index (κ2) is 5.10. The predicted octanol–water partition coefficient (Wildman–Crippen LogP) is 1.95. The van der Waals surface area contributed by atoms with Crippen LogP contribution in [0.2, 0.25) is 5.15 Å². The summed E-state index contributed by atoms with van der Waals surface area (Å²) in [5, 5.41) is 20.8. The zero-order valence-electron chi connectivity index (χ0n) is 9.93. The number of carboxylic acid groups (broad SMARTS) is 1. The standard InChI is InChI=1S/C12H15ClN2O3/c13-10-7-14-9(8-15(10)18)6-12(11(16)17)4-2-1-3-5-12/h7-8H,1-6H2,(H,16,17). The van der Waals surface area contributed by atoms with Crippen molar-refractivity contribution in [3.05, 3.63) is 28.4 Å². The third-order valence-corrected chi connectivity index (χ3v) is 3.86. The first kappa shape index (κ1) is 13.1. The van der Waals surface area contributed by atoms with Crippen molar-refractivity contribution < 1.29 is 14.6 Å². The molecule has 1 saturated carbocycles. The molecule has 1 heterocycles. The van der Waals surface area contributed by atoms with Crippen molar-refractivity contribution in [2.24, 2.45) is 5.41 Å². The fourth-order valence-electron chi connectivity index (χ4n) is 2.56. The van der Waals surface area contributed by atoms with Gasteiger partial charge in [-0.1, -0.05) is 19.3 Å². The molecule has 0 unspecified atom stereocenters. The summed E-state index contributed by atoms with van der Waals surface area (Å²) in [6.07, 6.45) is 7.02. The number of halogens is 1. The second-order valence-corrected chi connectivity index (χ2v) is 5.24. The van der Waals surface area contributed by atoms with Crippen LogP contribution in [0.1, 0.15) is 37.8 Å². The number of aromatic nitrogens is 2. The average molecular weight is 271 g/mol. The molecule has 18 heavy (non-hydrogen) atoms. The molecule has 1 aromatic rings. The van der Waals surface area contributed by atoms with Crippen molar-refractivity contribution in [2.45, 2.75) is 38.5 Å². The van der Waals surface area contributed by atoms with Crippen LogP contribution in [0.15, 0.2) is 12.4 Å². The normalized spacial score (nSPS) is 18.5. The van der Waals surface area contributed by atoms with Gasteiger partial charge in [0, 0.05) is 6.42 Å². The maximum atomic E-state index is 11.5. The van der Waals surface area contributed by atoms with E-state index in [1.807, 2.05) is 0 Å². The molecule has 6 heteroatoms. The Kier molecular flexibility index (Phi) is 3.71. The lowest BCUT2D eigenvalue weighted by Gasteiger charge is -2.32. The van der Waals surface area contributed by atoms with E-state index in [-0.39, 0.29) is 5.15 Å². The zero-order chi connectivity index (χ0) is 13.2. The monoisotopic (exact) mass is 270 g/mol. The van der Waals surface area contributed by atoms with E-state index in [4.69, 9.17) is 11.6 Å². The average Bonchev–Trinajstić information content (AvgIpc) is 2.35. The fourth-order valence-corrected chi connectivity index (χ4v) is 2.65. The van der Waals surface area contributed by atoms with Gasteiger partial charge in [0.05, 0.1) is 5.41 Å². The molecule has 1 aliphatic rings. The van der Waals surface area contributed by atoms with Gasteiger partial charge in [-0.3, -0.25) is 4.79 Å². The summed E-state index contributed by atoms with van der Waals surface area (Å²) in [6, 6.07) is 0. The smallest absolute Gasteiger partial charge is 0.310 e. The number of hydrogen-bond acceptors (Lipinski definition) is 3. The van der Waals surface area contributed by atoms with Crippen molar-refractivity contribution in [1.82, 2.24) is 4.98 Å². The molecule has 0 aliphatic heterocycles. The van der Waals surface area contributed by atoms with E-state index < -0.39 is 11.4 Å². The number of rotatable bonds is 3. The lowest BCUT2D eigenvalue weighted by atomic mass is 9.71. The van der Waals surface area contributed by atoms with Gasteiger partial charge < -0.3 is 10.3 Å². The van der Waals surface area contributed by atoms with Gasteiger partial charge in [-0.05, 0) is 24.4 Å². The van der Waals surface area contributed by atoms with E-state index in [0.29, 0.717) is 29.7 Å². The van der Waals surface area contributed by atoms with Gasteiger partial charge in [-0.15, -0.1) is 0 Å². The Bertz CT molecular complexity index is 459. The summed E-state index contributed by atoms with van der Waals surface area (Å²) in [6.45, 7) is 0. The minimum Gasteiger partial charge on any atom is -0.618 e. The molecule has 0 atom stereocenters. The van der Waals surface area contributed by atoms with E-state index in [2.05, 4.69) is 4.98 Å². The predicted molar refractivity (Wildman–Crippen MR) is 65.1 cm³/mol. The first-order chi connectivity index (χ1) is 8.53. The Hall–Kier alpha value is -1.36. The Morgan fingerprint density at radius 3 is 2.72 bits per heavy atom. The van der Waals surface area contributed by atoms with Crippen LogP contribution in [0, 0.1) is 10.6 Å². The van der Waals surface area contributed by atoms with E-state index in [0.717, 1.165) is 19.3 Å². The summed E-state index contributed by atoms with van der Waals surface area (Å²) in [5.41, 5.74) is -0.287. The van der Waals surface area contributed by atoms with Gasteiger partial charge in [0.15, 0.2) is 0 Å². The highest BCUT2D eigenvalue weighted by atomic mass is 35.5. The van der Waals surface area contributed by atoms with Gasteiger partial charge in [0.1, 0.15) is 11.9 Å². The molecule has 2 rings (SSSR count). The van der Waals surface area contributed by atoms with E-state index in [1.54, 1.807) is 0 Å². The molecular weight excluding hydrogens is 256 g/mol. The number of carboxylic acids is 1. The maximum absolute atomic E-state index is 11.5. The SMILES string of the molecule is O=C(O)C1(Cc2c[n+]([O-])c(Cl)cn2)CCCCC1. The number of nitrogens with zero attached hydrogens (tertiary/aromatic N) is 2. The lowest BCUT2D eigenvalue weighted by molar-refractivity contribution is -0.604. The Balaban J connectivity index is 2.23. The minimum absolute atomic E-state index is 0.00762. The van der Waals surface area contributed by atoms with Crippen molar-refractivity contribution in [3.63, 3.8) is 0 Å². The van der Waals surface area contributed by atoms with Crippen LogP contribution >= 0.6 is 11.6 Å². The summed E-state index contributed by atoms with van der Waals surface area (Å²) in [4.78, 5) is 15.5. The summed E-state index contributed by atoms with van der Waals surface area (Å²) >= 11 is 5.59. The number of hydrogen-bond donors (Lipinski definition) is 1. The number of aliphatic carboxylic acids is 1. The molecule has 1 fully saturated rings. The quantitative estimate of drug-likeness (QED) is 0.673. The van der Waals surface area contributed by atoms with Crippen molar-refractivity contribution in [1.29, 1.82) is 0 Å². The lowest BCUT2D eigenvalue weighted by Crippen LogP contribution is -2.37. The molecule has 0 amide bonds. The molecule has 0 bridgehead atoms. The molecule has 5 nitrogen and oxygen atoms in total. The largest absolute Gasteiger partial charge is 0.618 e. The van der Waals surface area contributed by atoms with Gasteiger partial charge in [0.25, 0.3) is 0 Å². The van der Waals surface area contributed by atoms with Gasteiger partial charge in [-0.25, -0.2) is 4.98 Å². The van der Waals surface area contributed by atoms with E-state index >= 15 is 0 Å². The van der Waals surface area contributed by atoms with Crippen LogP contribution in [0.25, 0.3) is 0 Å².